The molecular weight excluding hydrogens is 441 g/mol. The molecule has 0 aliphatic heterocycles. The van der Waals surface area contributed by atoms with Crippen LogP contribution in [-0.4, -0.2) is 46.0 Å². The number of carbonyl (C=O) groups excluding carboxylic acids is 1. The molecule has 2 heterocycles. The number of rotatable bonds is 7. The van der Waals surface area contributed by atoms with Crippen LogP contribution in [0.3, 0.4) is 0 Å². The van der Waals surface area contributed by atoms with Gasteiger partial charge in [0.1, 0.15) is 12.4 Å². The zero-order valence-corrected chi connectivity index (χ0v) is 17.9. The lowest BCUT2D eigenvalue weighted by atomic mass is 10.2. The van der Waals surface area contributed by atoms with E-state index in [-0.39, 0.29) is 19.1 Å². The second-order valence-electron chi connectivity index (χ2n) is 6.46. The number of halogens is 2. The van der Waals surface area contributed by atoms with Gasteiger partial charge in [0.05, 0.1) is 13.7 Å². The van der Waals surface area contributed by atoms with Crippen LogP contribution in [-0.2, 0) is 0 Å². The fourth-order valence-electron chi connectivity index (χ4n) is 2.88. The second-order valence-corrected chi connectivity index (χ2v) is 7.33. The molecule has 0 aliphatic rings. The van der Waals surface area contributed by atoms with Crippen LogP contribution in [0.15, 0.2) is 54.6 Å². The summed E-state index contributed by atoms with van der Waals surface area (Å²) in [6.45, 7) is 0.495. The van der Waals surface area contributed by atoms with Gasteiger partial charge in [0.15, 0.2) is 11.5 Å². The Morgan fingerprint density at radius 1 is 1.03 bits per heavy atom. The van der Waals surface area contributed by atoms with E-state index in [1.165, 1.54) is 0 Å². The summed E-state index contributed by atoms with van der Waals surface area (Å²) in [5.41, 5.74) is 1.81. The highest BCUT2D eigenvalue weighted by Crippen LogP contribution is 2.22. The third-order valence-corrected chi connectivity index (χ3v) is 4.79. The number of aromatic nitrogens is 4. The van der Waals surface area contributed by atoms with Crippen molar-refractivity contribution in [2.24, 2.45) is 0 Å². The monoisotopic (exact) mass is 457 g/mol. The van der Waals surface area contributed by atoms with Gasteiger partial charge in [-0.3, -0.25) is 4.79 Å². The van der Waals surface area contributed by atoms with Crippen LogP contribution < -0.4 is 14.8 Å². The summed E-state index contributed by atoms with van der Waals surface area (Å²) in [5.74, 6) is 1.41. The Bertz CT molecular complexity index is 1210. The molecule has 0 fully saturated rings. The number of amides is 1. The number of nitrogens with zero attached hydrogens (tertiary/aromatic N) is 4. The van der Waals surface area contributed by atoms with Crippen molar-refractivity contribution in [1.82, 2.24) is 25.1 Å². The van der Waals surface area contributed by atoms with Gasteiger partial charge < -0.3 is 14.8 Å². The van der Waals surface area contributed by atoms with Crippen LogP contribution in [0.25, 0.3) is 17.0 Å². The molecule has 158 valence electrons. The Hall–Kier alpha value is -3.36. The molecule has 0 unspecified atom stereocenters. The summed E-state index contributed by atoms with van der Waals surface area (Å²) in [7, 11) is 1.61. The number of hydrogen-bond acceptors (Lipinski definition) is 6. The highest BCUT2D eigenvalue weighted by molar-refractivity contribution is 6.35. The molecule has 0 atom stereocenters. The van der Waals surface area contributed by atoms with E-state index < -0.39 is 0 Å². The first-order valence-corrected chi connectivity index (χ1v) is 10.0. The van der Waals surface area contributed by atoms with Crippen LogP contribution in [0.4, 0.5) is 0 Å². The minimum atomic E-state index is -0.294. The van der Waals surface area contributed by atoms with Crippen molar-refractivity contribution < 1.29 is 14.3 Å². The van der Waals surface area contributed by atoms with Crippen LogP contribution in [0, 0.1) is 0 Å². The summed E-state index contributed by atoms with van der Waals surface area (Å²) >= 11 is 11.9. The van der Waals surface area contributed by atoms with Crippen LogP contribution in [0.2, 0.25) is 10.0 Å². The van der Waals surface area contributed by atoms with Crippen molar-refractivity contribution in [3.05, 3.63) is 70.2 Å². The minimum Gasteiger partial charge on any atom is -0.497 e. The summed E-state index contributed by atoms with van der Waals surface area (Å²) in [4.78, 5) is 12.2. The van der Waals surface area contributed by atoms with E-state index >= 15 is 0 Å². The summed E-state index contributed by atoms with van der Waals surface area (Å²) in [6, 6.07) is 15.5. The van der Waals surface area contributed by atoms with E-state index in [0.29, 0.717) is 33.0 Å². The van der Waals surface area contributed by atoms with Gasteiger partial charge in [-0.1, -0.05) is 23.2 Å². The third-order valence-electron chi connectivity index (χ3n) is 4.35. The SMILES string of the molecule is COc1ccc(-c2nnc3ccc(OCCNC(=O)c4cc(Cl)cc(Cl)c4)nn23)cc1. The molecule has 0 aliphatic carbocycles. The van der Waals surface area contributed by atoms with Gasteiger partial charge in [-0.05, 0) is 48.5 Å². The van der Waals surface area contributed by atoms with Crippen molar-refractivity contribution in [3.63, 3.8) is 0 Å². The Labute approximate surface area is 187 Å². The summed E-state index contributed by atoms with van der Waals surface area (Å²) in [5, 5.41) is 16.3. The highest BCUT2D eigenvalue weighted by atomic mass is 35.5. The van der Waals surface area contributed by atoms with Crippen LogP contribution in [0.5, 0.6) is 11.6 Å². The van der Waals surface area contributed by atoms with Gasteiger partial charge in [-0.15, -0.1) is 15.3 Å². The molecule has 4 rings (SSSR count). The lowest BCUT2D eigenvalue weighted by Gasteiger charge is -2.08. The molecule has 10 heteroatoms. The number of ether oxygens (including phenoxy) is 2. The maximum Gasteiger partial charge on any atom is 0.251 e. The predicted molar refractivity (Wildman–Crippen MR) is 117 cm³/mol. The molecule has 0 bridgehead atoms. The number of methoxy groups -OCH3 is 1. The van der Waals surface area contributed by atoms with Crippen molar-refractivity contribution >= 4 is 34.8 Å². The molecule has 4 aromatic rings. The number of hydrogen-bond donors (Lipinski definition) is 1. The molecule has 0 saturated carbocycles. The average molecular weight is 458 g/mol. The average Bonchev–Trinajstić information content (AvgIpc) is 3.19. The quantitative estimate of drug-likeness (QED) is 0.423. The predicted octanol–water partition coefficient (Wildman–Crippen LogP) is 3.92. The molecule has 31 heavy (non-hydrogen) atoms. The van der Waals surface area contributed by atoms with Gasteiger partial charge in [0, 0.05) is 27.2 Å². The normalized spacial score (nSPS) is 10.8. The van der Waals surface area contributed by atoms with Crippen molar-refractivity contribution in [2.45, 2.75) is 0 Å². The second kappa shape index (κ2) is 9.20. The van der Waals surface area contributed by atoms with E-state index in [1.807, 2.05) is 24.3 Å². The molecule has 0 radical (unpaired) electrons. The number of fused-ring (bicyclic) bond motifs is 1. The van der Waals surface area contributed by atoms with E-state index in [9.17, 15) is 4.79 Å². The zero-order valence-electron chi connectivity index (χ0n) is 16.4. The van der Waals surface area contributed by atoms with Gasteiger partial charge in [-0.25, -0.2) is 0 Å². The van der Waals surface area contributed by atoms with Gasteiger partial charge in [0.2, 0.25) is 5.88 Å². The molecule has 2 aromatic carbocycles. The molecule has 0 saturated heterocycles. The van der Waals surface area contributed by atoms with Crippen molar-refractivity contribution in [3.8, 4) is 23.0 Å². The minimum absolute atomic E-state index is 0.221. The first-order valence-electron chi connectivity index (χ1n) is 9.27. The first-order chi connectivity index (χ1) is 15.0. The van der Waals surface area contributed by atoms with E-state index in [0.717, 1.165) is 11.3 Å². The maximum absolute atomic E-state index is 12.2. The lowest BCUT2D eigenvalue weighted by molar-refractivity contribution is 0.0946. The van der Waals surface area contributed by atoms with E-state index in [4.69, 9.17) is 32.7 Å². The molecule has 1 amide bonds. The van der Waals surface area contributed by atoms with Gasteiger partial charge in [-0.2, -0.15) is 4.52 Å². The van der Waals surface area contributed by atoms with Gasteiger partial charge >= 0.3 is 0 Å². The summed E-state index contributed by atoms with van der Waals surface area (Å²) in [6.07, 6.45) is 0. The Balaban J connectivity index is 1.40. The number of nitrogens with one attached hydrogen (secondary N) is 1. The van der Waals surface area contributed by atoms with Crippen LogP contribution in [0.1, 0.15) is 10.4 Å². The Kier molecular flexibility index (Phi) is 6.20. The van der Waals surface area contributed by atoms with E-state index in [2.05, 4.69) is 20.6 Å². The fourth-order valence-corrected chi connectivity index (χ4v) is 3.40. The molecule has 2 aromatic heterocycles. The zero-order chi connectivity index (χ0) is 21.8. The number of carbonyl (C=O) groups is 1. The smallest absolute Gasteiger partial charge is 0.251 e. The van der Waals surface area contributed by atoms with Crippen LogP contribution >= 0.6 is 23.2 Å². The largest absolute Gasteiger partial charge is 0.497 e. The molecular formula is C21H17Cl2N5O3. The molecule has 8 nitrogen and oxygen atoms in total. The maximum atomic E-state index is 12.2. The van der Waals surface area contributed by atoms with E-state index in [1.54, 1.807) is 42.0 Å². The Morgan fingerprint density at radius 3 is 2.48 bits per heavy atom. The molecule has 0 spiro atoms. The summed E-state index contributed by atoms with van der Waals surface area (Å²) < 4.78 is 12.5. The molecule has 1 N–H and O–H groups in total. The third kappa shape index (κ3) is 4.87. The lowest BCUT2D eigenvalue weighted by Crippen LogP contribution is -2.28. The standard InChI is InChI=1S/C21H17Cl2N5O3/c1-30-17-4-2-13(3-5-17)20-26-25-18-6-7-19(27-28(18)20)31-9-8-24-21(29)14-10-15(22)12-16(23)11-14/h2-7,10-12H,8-9H2,1H3,(H,24,29). The van der Waals surface area contributed by atoms with Crippen molar-refractivity contribution in [1.29, 1.82) is 0 Å². The fraction of sp³-hybridized carbons (Fsp3) is 0.143. The number of benzene rings is 2. The highest BCUT2D eigenvalue weighted by Gasteiger charge is 2.11. The van der Waals surface area contributed by atoms with Gasteiger partial charge in [0.25, 0.3) is 5.91 Å². The Morgan fingerprint density at radius 2 is 1.77 bits per heavy atom. The topological polar surface area (TPSA) is 90.6 Å². The first kappa shape index (κ1) is 20.9. The van der Waals surface area contributed by atoms with Crippen molar-refractivity contribution in [2.75, 3.05) is 20.3 Å².